The molecule has 1 N–H and O–H groups in total. The lowest BCUT2D eigenvalue weighted by Crippen LogP contribution is -2.47. The van der Waals surface area contributed by atoms with Crippen LogP contribution < -0.4 is 5.32 Å². The fourth-order valence-corrected chi connectivity index (χ4v) is 4.26. The summed E-state index contributed by atoms with van der Waals surface area (Å²) in [6.45, 7) is 4.03. The Balaban J connectivity index is 1.24. The van der Waals surface area contributed by atoms with Crippen molar-refractivity contribution in [3.8, 4) is 0 Å². The van der Waals surface area contributed by atoms with Gasteiger partial charge < -0.3 is 10.1 Å². The average molecular weight is 379 g/mol. The smallest absolute Gasteiger partial charge is 0.224 e. The predicted octanol–water partition coefficient (Wildman–Crippen LogP) is 3.13. The van der Waals surface area contributed by atoms with Gasteiger partial charge in [0.05, 0.1) is 19.1 Å². The minimum Gasteiger partial charge on any atom is -0.374 e. The van der Waals surface area contributed by atoms with Crippen molar-refractivity contribution >= 4 is 5.91 Å². The molecule has 1 unspecified atom stereocenters. The Morgan fingerprint density at radius 3 is 2.71 bits per heavy atom. The molecule has 0 radical (unpaired) electrons. The highest BCUT2D eigenvalue weighted by Gasteiger charge is 2.21. The van der Waals surface area contributed by atoms with Gasteiger partial charge in [0, 0.05) is 26.2 Å². The lowest BCUT2D eigenvalue weighted by atomic mass is 9.90. The highest BCUT2D eigenvalue weighted by atomic mass is 16.5. The van der Waals surface area contributed by atoms with Crippen molar-refractivity contribution in [2.75, 3.05) is 26.2 Å². The monoisotopic (exact) mass is 378 g/mol. The third kappa shape index (κ3) is 5.21. The van der Waals surface area contributed by atoms with Gasteiger partial charge in [-0.15, -0.1) is 0 Å². The van der Waals surface area contributed by atoms with Gasteiger partial charge in [-0.05, 0) is 47.9 Å². The van der Waals surface area contributed by atoms with Crippen molar-refractivity contribution in [3.05, 3.63) is 70.8 Å². The van der Waals surface area contributed by atoms with Crippen molar-refractivity contribution in [2.24, 2.45) is 0 Å². The van der Waals surface area contributed by atoms with E-state index in [9.17, 15) is 4.79 Å². The first-order valence-corrected chi connectivity index (χ1v) is 10.5. The van der Waals surface area contributed by atoms with Gasteiger partial charge in [0.15, 0.2) is 0 Å². The Kier molecular flexibility index (Phi) is 6.40. The molecule has 2 aromatic rings. The fourth-order valence-electron chi connectivity index (χ4n) is 4.26. The van der Waals surface area contributed by atoms with Crippen molar-refractivity contribution in [2.45, 2.75) is 44.8 Å². The SMILES string of the molecule is O=C(Cc1ccc2c(c1)CCCC2)NCC1CN(Cc2ccccc2)CCO1. The lowest BCUT2D eigenvalue weighted by molar-refractivity contribution is -0.121. The molecule has 1 heterocycles. The van der Waals surface area contributed by atoms with Gasteiger partial charge in [0.2, 0.25) is 5.91 Å². The maximum atomic E-state index is 12.4. The number of benzene rings is 2. The number of carbonyl (C=O) groups is 1. The number of nitrogens with one attached hydrogen (secondary N) is 1. The van der Waals surface area contributed by atoms with E-state index in [0.29, 0.717) is 13.0 Å². The molecule has 1 aliphatic carbocycles. The Morgan fingerprint density at radius 2 is 1.86 bits per heavy atom. The largest absolute Gasteiger partial charge is 0.374 e. The van der Waals surface area contributed by atoms with E-state index < -0.39 is 0 Å². The van der Waals surface area contributed by atoms with Crippen LogP contribution in [-0.2, 0) is 35.3 Å². The van der Waals surface area contributed by atoms with Crippen LogP contribution in [0.15, 0.2) is 48.5 Å². The molecule has 0 saturated carbocycles. The molecular weight excluding hydrogens is 348 g/mol. The number of fused-ring (bicyclic) bond motifs is 1. The van der Waals surface area contributed by atoms with Crippen LogP contribution >= 0.6 is 0 Å². The van der Waals surface area contributed by atoms with Crippen molar-refractivity contribution in [3.63, 3.8) is 0 Å². The van der Waals surface area contributed by atoms with Gasteiger partial charge >= 0.3 is 0 Å². The number of hydrogen-bond acceptors (Lipinski definition) is 3. The molecule has 1 saturated heterocycles. The molecule has 148 valence electrons. The zero-order valence-electron chi connectivity index (χ0n) is 16.5. The van der Waals surface area contributed by atoms with Gasteiger partial charge in [-0.2, -0.15) is 0 Å². The lowest BCUT2D eigenvalue weighted by Gasteiger charge is -2.33. The van der Waals surface area contributed by atoms with Crippen LogP contribution in [0.3, 0.4) is 0 Å². The molecule has 0 bridgehead atoms. The van der Waals surface area contributed by atoms with E-state index in [-0.39, 0.29) is 12.0 Å². The highest BCUT2D eigenvalue weighted by molar-refractivity contribution is 5.78. The van der Waals surface area contributed by atoms with Crippen LogP contribution in [0.4, 0.5) is 0 Å². The standard InChI is InChI=1S/C24H30N2O2/c27-24(15-20-10-11-21-8-4-5-9-22(21)14-20)25-16-23-18-26(12-13-28-23)17-19-6-2-1-3-7-19/h1-3,6-7,10-11,14,23H,4-5,8-9,12-13,15-18H2,(H,25,27). The number of aryl methyl sites for hydroxylation is 2. The second kappa shape index (κ2) is 9.35. The number of carbonyl (C=O) groups excluding carboxylic acids is 1. The number of morpholine rings is 1. The first-order chi connectivity index (χ1) is 13.8. The third-order valence-electron chi connectivity index (χ3n) is 5.78. The molecule has 1 fully saturated rings. The predicted molar refractivity (Wildman–Crippen MR) is 111 cm³/mol. The number of hydrogen-bond donors (Lipinski definition) is 1. The topological polar surface area (TPSA) is 41.6 Å². The van der Waals surface area contributed by atoms with Crippen LogP contribution in [0.2, 0.25) is 0 Å². The van der Waals surface area contributed by atoms with E-state index in [1.54, 1.807) is 0 Å². The van der Waals surface area contributed by atoms with E-state index in [1.165, 1.54) is 36.0 Å². The van der Waals surface area contributed by atoms with E-state index in [4.69, 9.17) is 4.74 Å². The van der Waals surface area contributed by atoms with E-state index in [2.05, 4.69) is 52.7 Å². The van der Waals surface area contributed by atoms with Crippen molar-refractivity contribution < 1.29 is 9.53 Å². The van der Waals surface area contributed by atoms with Crippen LogP contribution in [0, 0.1) is 0 Å². The second-order valence-electron chi connectivity index (χ2n) is 8.00. The van der Waals surface area contributed by atoms with E-state index in [1.807, 2.05) is 6.07 Å². The summed E-state index contributed by atoms with van der Waals surface area (Å²) < 4.78 is 5.86. The first-order valence-electron chi connectivity index (χ1n) is 10.5. The zero-order chi connectivity index (χ0) is 19.2. The normalized spacial score (nSPS) is 19.8. The Labute approximate surface area is 167 Å². The van der Waals surface area contributed by atoms with Crippen LogP contribution in [0.5, 0.6) is 0 Å². The average Bonchev–Trinajstić information content (AvgIpc) is 2.73. The quantitative estimate of drug-likeness (QED) is 0.840. The molecule has 4 nitrogen and oxygen atoms in total. The van der Waals surface area contributed by atoms with Crippen molar-refractivity contribution in [1.29, 1.82) is 0 Å². The Bertz CT molecular complexity index is 790. The maximum absolute atomic E-state index is 12.4. The van der Waals surface area contributed by atoms with Crippen molar-refractivity contribution in [1.82, 2.24) is 10.2 Å². The summed E-state index contributed by atoms with van der Waals surface area (Å²) in [4.78, 5) is 14.8. The van der Waals surface area contributed by atoms with E-state index in [0.717, 1.165) is 38.2 Å². The number of rotatable bonds is 6. The maximum Gasteiger partial charge on any atom is 0.224 e. The van der Waals surface area contributed by atoms with Crippen LogP contribution in [0.1, 0.15) is 35.1 Å². The molecule has 2 aromatic carbocycles. The molecule has 0 aromatic heterocycles. The second-order valence-corrected chi connectivity index (χ2v) is 8.00. The summed E-state index contributed by atoms with van der Waals surface area (Å²) in [5, 5.41) is 3.07. The van der Waals surface area contributed by atoms with E-state index >= 15 is 0 Å². The zero-order valence-corrected chi connectivity index (χ0v) is 16.5. The molecular formula is C24H30N2O2. The van der Waals surface area contributed by atoms with Gasteiger partial charge in [-0.25, -0.2) is 0 Å². The van der Waals surface area contributed by atoms with Gasteiger partial charge in [-0.3, -0.25) is 9.69 Å². The molecule has 1 amide bonds. The summed E-state index contributed by atoms with van der Waals surface area (Å²) in [6.07, 6.45) is 5.40. The van der Waals surface area contributed by atoms with Crippen LogP contribution in [0.25, 0.3) is 0 Å². The summed E-state index contributed by atoms with van der Waals surface area (Å²) in [5.41, 5.74) is 5.33. The molecule has 4 rings (SSSR count). The number of ether oxygens (including phenoxy) is 1. The molecule has 0 spiro atoms. The molecule has 4 heteroatoms. The Morgan fingerprint density at radius 1 is 1.04 bits per heavy atom. The van der Waals surface area contributed by atoms with Gasteiger partial charge in [0.25, 0.3) is 0 Å². The van der Waals surface area contributed by atoms with Gasteiger partial charge in [-0.1, -0.05) is 48.5 Å². The minimum atomic E-state index is 0.0601. The number of nitrogens with zero attached hydrogens (tertiary/aromatic N) is 1. The summed E-state index contributed by atoms with van der Waals surface area (Å²) in [6, 6.07) is 17.1. The molecule has 1 atom stereocenters. The summed E-state index contributed by atoms with van der Waals surface area (Å²) in [5.74, 6) is 0.0829. The first kappa shape index (κ1) is 19.2. The molecule has 28 heavy (non-hydrogen) atoms. The third-order valence-corrected chi connectivity index (χ3v) is 5.78. The Hall–Kier alpha value is -2.17. The molecule has 2 aliphatic rings. The highest BCUT2D eigenvalue weighted by Crippen LogP contribution is 2.22. The number of amides is 1. The fraction of sp³-hybridized carbons (Fsp3) is 0.458. The van der Waals surface area contributed by atoms with Crippen LogP contribution in [-0.4, -0.2) is 43.2 Å². The minimum absolute atomic E-state index is 0.0601. The summed E-state index contributed by atoms with van der Waals surface area (Å²) >= 11 is 0. The van der Waals surface area contributed by atoms with Gasteiger partial charge in [0.1, 0.15) is 0 Å². The molecule has 1 aliphatic heterocycles. The summed E-state index contributed by atoms with van der Waals surface area (Å²) in [7, 11) is 0.